The van der Waals surface area contributed by atoms with Gasteiger partial charge in [-0.2, -0.15) is 0 Å². The van der Waals surface area contributed by atoms with Crippen LogP contribution in [0.15, 0.2) is 22.7 Å². The SMILES string of the molecule is C#CC(CC)Nc1cc(Br)ccc1I. The normalized spacial score (nSPS) is 11.9. The van der Waals surface area contributed by atoms with Crippen molar-refractivity contribution in [3.63, 3.8) is 0 Å². The van der Waals surface area contributed by atoms with Gasteiger partial charge in [0.25, 0.3) is 0 Å². The molecule has 0 aromatic heterocycles. The van der Waals surface area contributed by atoms with Gasteiger partial charge >= 0.3 is 0 Å². The quantitative estimate of drug-likeness (QED) is 0.634. The third-order valence-electron chi connectivity index (χ3n) is 1.87. The van der Waals surface area contributed by atoms with E-state index in [2.05, 4.69) is 62.7 Å². The number of anilines is 1. The van der Waals surface area contributed by atoms with Gasteiger partial charge in [-0.1, -0.05) is 28.8 Å². The van der Waals surface area contributed by atoms with Crippen molar-refractivity contribution in [2.45, 2.75) is 19.4 Å². The highest BCUT2D eigenvalue weighted by Gasteiger charge is 2.04. The summed E-state index contributed by atoms with van der Waals surface area (Å²) in [5.41, 5.74) is 1.09. The van der Waals surface area contributed by atoms with E-state index in [0.29, 0.717) is 0 Å². The molecule has 1 unspecified atom stereocenters. The van der Waals surface area contributed by atoms with Crippen LogP contribution in [0.25, 0.3) is 0 Å². The summed E-state index contributed by atoms with van der Waals surface area (Å²) in [6, 6.07) is 6.22. The first kappa shape index (κ1) is 11.9. The van der Waals surface area contributed by atoms with E-state index in [1.54, 1.807) is 0 Å². The fourth-order valence-electron chi connectivity index (χ4n) is 1.06. The highest BCUT2D eigenvalue weighted by Crippen LogP contribution is 2.23. The molecule has 0 spiro atoms. The summed E-state index contributed by atoms with van der Waals surface area (Å²) in [5, 5.41) is 3.31. The molecule has 1 aromatic carbocycles. The second kappa shape index (κ2) is 5.62. The Hall–Kier alpha value is -0.210. The second-order valence-corrected chi connectivity index (χ2v) is 4.97. The fraction of sp³-hybridized carbons (Fsp3) is 0.273. The van der Waals surface area contributed by atoms with Crippen LogP contribution < -0.4 is 5.32 Å². The maximum absolute atomic E-state index is 5.39. The Bertz CT molecular complexity index is 357. The molecule has 0 aliphatic rings. The summed E-state index contributed by atoms with van der Waals surface area (Å²) < 4.78 is 2.24. The predicted molar refractivity (Wildman–Crippen MR) is 73.4 cm³/mol. The van der Waals surface area contributed by atoms with E-state index in [-0.39, 0.29) is 6.04 Å². The highest BCUT2D eigenvalue weighted by atomic mass is 127. The molecular weight excluding hydrogens is 353 g/mol. The molecule has 0 aliphatic carbocycles. The molecule has 0 bridgehead atoms. The zero-order chi connectivity index (χ0) is 10.6. The lowest BCUT2D eigenvalue weighted by atomic mass is 10.2. The van der Waals surface area contributed by atoms with Crippen molar-refractivity contribution in [3.05, 3.63) is 26.2 Å². The minimum Gasteiger partial charge on any atom is -0.371 e. The zero-order valence-corrected chi connectivity index (χ0v) is 11.6. The molecule has 74 valence electrons. The average Bonchev–Trinajstić information content (AvgIpc) is 2.19. The molecule has 14 heavy (non-hydrogen) atoms. The van der Waals surface area contributed by atoms with Gasteiger partial charge in [0.1, 0.15) is 0 Å². The number of benzene rings is 1. The first-order valence-corrected chi connectivity index (χ1v) is 6.22. The molecule has 0 saturated heterocycles. The van der Waals surface area contributed by atoms with Gasteiger partial charge in [-0.15, -0.1) is 6.42 Å². The van der Waals surface area contributed by atoms with Gasteiger partial charge in [-0.05, 0) is 47.2 Å². The Morgan fingerprint density at radius 1 is 1.64 bits per heavy atom. The summed E-state index contributed by atoms with van der Waals surface area (Å²) in [5.74, 6) is 2.72. The standard InChI is InChI=1S/C11H11BrIN/c1-3-9(4-2)14-11-7-8(12)5-6-10(11)13/h1,5-7,9,14H,4H2,2H3. The van der Waals surface area contributed by atoms with Gasteiger partial charge in [0, 0.05) is 13.7 Å². The molecule has 0 aliphatic heterocycles. The average molecular weight is 364 g/mol. The number of halogens is 2. The highest BCUT2D eigenvalue weighted by molar-refractivity contribution is 14.1. The third-order valence-corrected chi connectivity index (χ3v) is 3.30. The summed E-state index contributed by atoms with van der Waals surface area (Å²) in [4.78, 5) is 0. The summed E-state index contributed by atoms with van der Waals surface area (Å²) in [7, 11) is 0. The molecule has 1 nitrogen and oxygen atoms in total. The fourth-order valence-corrected chi connectivity index (χ4v) is 1.91. The van der Waals surface area contributed by atoms with Gasteiger partial charge < -0.3 is 5.32 Å². The van der Waals surface area contributed by atoms with E-state index in [4.69, 9.17) is 6.42 Å². The maximum Gasteiger partial charge on any atom is 0.0871 e. The molecule has 1 atom stereocenters. The Morgan fingerprint density at radius 2 is 2.36 bits per heavy atom. The van der Waals surface area contributed by atoms with Crippen LogP contribution >= 0.6 is 38.5 Å². The number of nitrogens with one attached hydrogen (secondary N) is 1. The first-order valence-electron chi connectivity index (χ1n) is 4.35. The van der Waals surface area contributed by atoms with Gasteiger partial charge in [0.15, 0.2) is 0 Å². The molecule has 0 radical (unpaired) electrons. The lowest BCUT2D eigenvalue weighted by molar-refractivity contribution is 0.857. The van der Waals surface area contributed by atoms with Gasteiger partial charge in [0.2, 0.25) is 0 Å². The summed E-state index contributed by atoms with van der Waals surface area (Å²) in [6.45, 7) is 2.07. The molecule has 0 amide bonds. The van der Waals surface area contributed by atoms with Crippen LogP contribution in [0.1, 0.15) is 13.3 Å². The van der Waals surface area contributed by atoms with E-state index in [9.17, 15) is 0 Å². The van der Waals surface area contributed by atoms with Crippen LogP contribution in [0.4, 0.5) is 5.69 Å². The van der Waals surface area contributed by atoms with Crippen molar-refractivity contribution in [3.8, 4) is 12.3 Å². The van der Waals surface area contributed by atoms with Crippen LogP contribution in [0.3, 0.4) is 0 Å². The summed E-state index contributed by atoms with van der Waals surface area (Å²) >= 11 is 5.73. The van der Waals surface area contributed by atoms with Crippen LogP contribution in [0.2, 0.25) is 0 Å². The molecule has 3 heteroatoms. The van der Waals surface area contributed by atoms with Crippen LogP contribution in [0.5, 0.6) is 0 Å². The number of rotatable bonds is 3. The lowest BCUT2D eigenvalue weighted by Crippen LogP contribution is -2.16. The van der Waals surface area contributed by atoms with Crippen LogP contribution in [-0.2, 0) is 0 Å². The number of hydrogen-bond acceptors (Lipinski definition) is 1. The van der Waals surface area contributed by atoms with Gasteiger partial charge in [0.05, 0.1) is 6.04 Å². The minimum atomic E-state index is 0.109. The smallest absolute Gasteiger partial charge is 0.0871 e. The molecule has 1 N–H and O–H groups in total. The summed E-state index contributed by atoms with van der Waals surface area (Å²) in [6.07, 6.45) is 6.32. The van der Waals surface area contributed by atoms with Crippen molar-refractivity contribution in [2.24, 2.45) is 0 Å². The minimum absolute atomic E-state index is 0.109. The van der Waals surface area contributed by atoms with Crippen molar-refractivity contribution >= 4 is 44.2 Å². The Morgan fingerprint density at radius 3 is 2.93 bits per heavy atom. The predicted octanol–water partition coefficient (Wildman–Crippen LogP) is 3.88. The maximum atomic E-state index is 5.39. The molecule has 0 saturated carbocycles. The Labute approximate surface area is 107 Å². The Balaban J connectivity index is 2.86. The van der Waals surface area contributed by atoms with E-state index in [0.717, 1.165) is 16.6 Å². The van der Waals surface area contributed by atoms with E-state index < -0.39 is 0 Å². The number of hydrogen-bond donors (Lipinski definition) is 1. The van der Waals surface area contributed by atoms with E-state index in [1.807, 2.05) is 12.1 Å². The molecule has 0 heterocycles. The van der Waals surface area contributed by atoms with Crippen LogP contribution in [0, 0.1) is 15.9 Å². The van der Waals surface area contributed by atoms with Gasteiger partial charge in [-0.25, -0.2) is 0 Å². The van der Waals surface area contributed by atoms with E-state index in [1.165, 1.54) is 3.57 Å². The molecular formula is C11H11BrIN. The van der Waals surface area contributed by atoms with E-state index >= 15 is 0 Å². The van der Waals surface area contributed by atoms with Crippen LogP contribution in [-0.4, -0.2) is 6.04 Å². The lowest BCUT2D eigenvalue weighted by Gasteiger charge is -2.13. The molecule has 1 rings (SSSR count). The third kappa shape index (κ3) is 3.18. The zero-order valence-electron chi connectivity index (χ0n) is 7.85. The number of terminal acetylenes is 1. The topological polar surface area (TPSA) is 12.0 Å². The first-order chi connectivity index (χ1) is 6.67. The van der Waals surface area contributed by atoms with Crippen molar-refractivity contribution in [1.82, 2.24) is 0 Å². The second-order valence-electron chi connectivity index (χ2n) is 2.90. The van der Waals surface area contributed by atoms with Crippen molar-refractivity contribution in [1.29, 1.82) is 0 Å². The van der Waals surface area contributed by atoms with Crippen molar-refractivity contribution in [2.75, 3.05) is 5.32 Å². The van der Waals surface area contributed by atoms with Crippen molar-refractivity contribution < 1.29 is 0 Å². The van der Waals surface area contributed by atoms with Gasteiger partial charge in [-0.3, -0.25) is 0 Å². The molecule has 0 fully saturated rings. The largest absolute Gasteiger partial charge is 0.371 e. The molecule has 1 aromatic rings. The monoisotopic (exact) mass is 363 g/mol. The Kier molecular flexibility index (Phi) is 4.76.